The van der Waals surface area contributed by atoms with Crippen molar-refractivity contribution < 1.29 is 9.90 Å². The molecule has 2 nitrogen and oxygen atoms in total. The minimum absolute atomic E-state index is 0.153. The van der Waals surface area contributed by atoms with Crippen LogP contribution in [0.3, 0.4) is 0 Å². The lowest BCUT2D eigenvalue weighted by Gasteiger charge is -2.18. The van der Waals surface area contributed by atoms with Crippen LogP contribution in [0.25, 0.3) is 6.08 Å². The molecule has 0 saturated heterocycles. The van der Waals surface area contributed by atoms with Crippen molar-refractivity contribution >= 4 is 12.0 Å². The molecule has 1 N–H and O–H groups in total. The second kappa shape index (κ2) is 5.67. The van der Waals surface area contributed by atoms with Gasteiger partial charge in [0.1, 0.15) is 0 Å². The lowest BCUT2D eigenvalue weighted by Crippen LogP contribution is -2.10. The van der Waals surface area contributed by atoms with Gasteiger partial charge in [0.05, 0.1) is 0 Å². The lowest BCUT2D eigenvalue weighted by molar-refractivity contribution is -0.132. The first kappa shape index (κ1) is 14.2. The first-order chi connectivity index (χ1) is 8.30. The number of allylic oxidation sites excluding steroid dienone is 1. The molecule has 0 atom stereocenters. The molecule has 0 aliphatic carbocycles. The maximum atomic E-state index is 10.6. The van der Waals surface area contributed by atoms with Gasteiger partial charge in [-0.2, -0.15) is 0 Å². The Morgan fingerprint density at radius 2 is 1.83 bits per heavy atom. The van der Waals surface area contributed by atoms with E-state index in [1.807, 2.05) is 24.3 Å². The zero-order valence-corrected chi connectivity index (χ0v) is 11.2. The maximum absolute atomic E-state index is 10.6. The molecule has 0 heterocycles. The molecule has 0 saturated carbocycles. The topological polar surface area (TPSA) is 37.3 Å². The number of carboxylic acid groups (broad SMARTS) is 1. The number of rotatable bonds is 4. The summed E-state index contributed by atoms with van der Waals surface area (Å²) in [6.45, 7) is 10.0. The summed E-state index contributed by atoms with van der Waals surface area (Å²) in [4.78, 5) is 10.6. The van der Waals surface area contributed by atoms with Crippen molar-refractivity contribution in [3.05, 3.63) is 53.6 Å². The fourth-order valence-electron chi connectivity index (χ4n) is 1.52. The summed E-state index contributed by atoms with van der Waals surface area (Å²) < 4.78 is 0. The van der Waals surface area contributed by atoms with Crippen LogP contribution in [0.2, 0.25) is 0 Å². The van der Waals surface area contributed by atoms with Gasteiger partial charge in [0, 0.05) is 5.57 Å². The molecule has 0 unspecified atom stereocenters. The highest BCUT2D eigenvalue weighted by atomic mass is 16.4. The minimum Gasteiger partial charge on any atom is -0.478 e. The molecule has 0 aromatic heterocycles. The Hall–Kier alpha value is -1.83. The predicted octanol–water partition coefficient (Wildman–Crippen LogP) is 4.03. The van der Waals surface area contributed by atoms with Gasteiger partial charge in [-0.15, -0.1) is 0 Å². The minimum atomic E-state index is -0.942. The molecule has 1 rings (SSSR count). The Morgan fingerprint density at radius 1 is 1.28 bits per heavy atom. The van der Waals surface area contributed by atoms with Gasteiger partial charge in [-0.25, -0.2) is 4.79 Å². The molecule has 0 fully saturated rings. The first-order valence-electron chi connectivity index (χ1n) is 5.99. The van der Waals surface area contributed by atoms with Crippen LogP contribution in [0.5, 0.6) is 0 Å². The summed E-state index contributed by atoms with van der Waals surface area (Å²) in [6, 6.07) is 8.29. The number of carbonyl (C=O) groups is 1. The normalized spacial score (nSPS) is 11.7. The fraction of sp³-hybridized carbons (Fsp3) is 0.312. The van der Waals surface area contributed by atoms with Crippen molar-refractivity contribution in [2.45, 2.75) is 32.6 Å². The third-order valence-electron chi connectivity index (χ3n) is 2.75. The maximum Gasteiger partial charge on any atom is 0.331 e. The Kier molecular flexibility index (Phi) is 4.49. The Bertz CT molecular complexity index is 459. The number of hydrogen-bond acceptors (Lipinski definition) is 1. The third-order valence-corrected chi connectivity index (χ3v) is 2.75. The average molecular weight is 244 g/mol. The van der Waals surface area contributed by atoms with Crippen molar-refractivity contribution in [3.8, 4) is 0 Å². The van der Waals surface area contributed by atoms with E-state index in [0.29, 0.717) is 6.42 Å². The van der Waals surface area contributed by atoms with Crippen LogP contribution < -0.4 is 0 Å². The van der Waals surface area contributed by atoms with Crippen LogP contribution in [0.15, 0.2) is 42.5 Å². The Balaban J connectivity index is 2.67. The van der Waals surface area contributed by atoms with Crippen molar-refractivity contribution in [2.24, 2.45) is 0 Å². The number of carboxylic acids is 1. The van der Waals surface area contributed by atoms with Crippen LogP contribution in [0.4, 0.5) is 0 Å². The second-order valence-electron chi connectivity index (χ2n) is 5.39. The molecule has 0 amide bonds. The summed E-state index contributed by atoms with van der Waals surface area (Å²) >= 11 is 0. The molecule has 0 spiro atoms. The number of hydrogen-bond donors (Lipinski definition) is 1. The molecular formula is C16H20O2. The van der Waals surface area contributed by atoms with Crippen LogP contribution in [0.1, 0.15) is 38.3 Å². The zero-order valence-electron chi connectivity index (χ0n) is 11.2. The number of benzene rings is 1. The van der Waals surface area contributed by atoms with Crippen LogP contribution in [0, 0.1) is 0 Å². The quantitative estimate of drug-likeness (QED) is 0.812. The SMILES string of the molecule is C=C(CC=Cc1ccc(C(C)(C)C)cc1)C(=O)O. The molecule has 96 valence electrons. The van der Waals surface area contributed by atoms with E-state index < -0.39 is 5.97 Å². The van der Waals surface area contributed by atoms with E-state index in [1.54, 1.807) is 0 Å². The van der Waals surface area contributed by atoms with E-state index in [4.69, 9.17) is 5.11 Å². The molecule has 1 aromatic carbocycles. The second-order valence-corrected chi connectivity index (χ2v) is 5.39. The van der Waals surface area contributed by atoms with Gasteiger partial charge in [-0.05, 0) is 23.0 Å². The van der Waals surface area contributed by atoms with Gasteiger partial charge in [0.15, 0.2) is 0 Å². The molecule has 0 radical (unpaired) electrons. The molecular weight excluding hydrogens is 224 g/mol. The zero-order chi connectivity index (χ0) is 13.8. The molecule has 0 bridgehead atoms. The average Bonchev–Trinajstić information content (AvgIpc) is 2.28. The highest BCUT2D eigenvalue weighted by molar-refractivity contribution is 5.86. The van der Waals surface area contributed by atoms with Gasteiger partial charge in [-0.3, -0.25) is 0 Å². The summed E-state index contributed by atoms with van der Waals surface area (Å²) in [5.74, 6) is -0.942. The Morgan fingerprint density at radius 3 is 2.28 bits per heavy atom. The van der Waals surface area contributed by atoms with Gasteiger partial charge in [-0.1, -0.05) is 63.8 Å². The highest BCUT2D eigenvalue weighted by Crippen LogP contribution is 2.22. The van der Waals surface area contributed by atoms with Gasteiger partial charge in [0.25, 0.3) is 0 Å². The third kappa shape index (κ3) is 4.21. The number of aliphatic carboxylic acids is 1. The van der Waals surface area contributed by atoms with Crippen LogP contribution >= 0.6 is 0 Å². The fourth-order valence-corrected chi connectivity index (χ4v) is 1.52. The first-order valence-corrected chi connectivity index (χ1v) is 5.99. The van der Waals surface area contributed by atoms with Gasteiger partial charge in [0.2, 0.25) is 0 Å². The Labute approximate surface area is 109 Å². The largest absolute Gasteiger partial charge is 0.478 e. The molecule has 0 aliphatic heterocycles. The smallest absolute Gasteiger partial charge is 0.331 e. The van der Waals surface area contributed by atoms with E-state index in [9.17, 15) is 4.79 Å². The van der Waals surface area contributed by atoms with Gasteiger partial charge < -0.3 is 5.11 Å². The van der Waals surface area contributed by atoms with Gasteiger partial charge >= 0.3 is 5.97 Å². The summed E-state index contributed by atoms with van der Waals surface area (Å²) in [7, 11) is 0. The summed E-state index contributed by atoms with van der Waals surface area (Å²) in [6.07, 6.45) is 4.11. The van der Waals surface area contributed by atoms with Crippen molar-refractivity contribution in [3.63, 3.8) is 0 Å². The summed E-state index contributed by atoms with van der Waals surface area (Å²) in [5, 5.41) is 8.67. The summed E-state index contributed by atoms with van der Waals surface area (Å²) in [5.41, 5.74) is 2.72. The molecule has 18 heavy (non-hydrogen) atoms. The molecule has 1 aromatic rings. The molecule has 2 heteroatoms. The van der Waals surface area contributed by atoms with E-state index in [-0.39, 0.29) is 11.0 Å². The van der Waals surface area contributed by atoms with Crippen LogP contribution in [-0.4, -0.2) is 11.1 Å². The van der Waals surface area contributed by atoms with Crippen molar-refractivity contribution in [1.29, 1.82) is 0 Å². The monoisotopic (exact) mass is 244 g/mol. The van der Waals surface area contributed by atoms with E-state index in [1.165, 1.54) is 5.56 Å². The highest BCUT2D eigenvalue weighted by Gasteiger charge is 2.12. The van der Waals surface area contributed by atoms with E-state index in [0.717, 1.165) is 5.56 Å². The van der Waals surface area contributed by atoms with E-state index in [2.05, 4.69) is 39.5 Å². The predicted molar refractivity (Wildman–Crippen MR) is 75.6 cm³/mol. The van der Waals surface area contributed by atoms with E-state index >= 15 is 0 Å². The standard InChI is InChI=1S/C16H20O2/c1-12(15(17)18)6-5-7-13-8-10-14(11-9-13)16(2,3)4/h5,7-11H,1,6H2,2-4H3,(H,17,18). The van der Waals surface area contributed by atoms with Crippen molar-refractivity contribution in [2.75, 3.05) is 0 Å². The molecule has 0 aliphatic rings. The van der Waals surface area contributed by atoms with Crippen LogP contribution in [-0.2, 0) is 10.2 Å². The van der Waals surface area contributed by atoms with Crippen molar-refractivity contribution in [1.82, 2.24) is 0 Å². The lowest BCUT2D eigenvalue weighted by atomic mass is 9.87.